The van der Waals surface area contributed by atoms with Crippen LogP contribution in [-0.4, -0.2) is 21.5 Å². The van der Waals surface area contributed by atoms with Crippen LogP contribution in [0.2, 0.25) is 0 Å². The molecule has 0 radical (unpaired) electrons. The Morgan fingerprint density at radius 1 is 1.33 bits per heavy atom. The quantitative estimate of drug-likeness (QED) is 0.902. The molecule has 2 aromatic rings. The van der Waals surface area contributed by atoms with Crippen LogP contribution in [0.5, 0.6) is 0 Å². The highest BCUT2D eigenvalue weighted by molar-refractivity contribution is 5.27. The first kappa shape index (κ1) is 12.6. The molecule has 0 amide bonds. The van der Waals surface area contributed by atoms with E-state index in [1.165, 1.54) is 6.07 Å². The van der Waals surface area contributed by atoms with Crippen molar-refractivity contribution in [2.45, 2.75) is 13.0 Å². The SMILES string of the molecule is CCNC(c1ccc(F)c(F)c1)c1cnnn1C. The van der Waals surface area contributed by atoms with Gasteiger partial charge in [-0.15, -0.1) is 5.10 Å². The van der Waals surface area contributed by atoms with Gasteiger partial charge in [0.1, 0.15) is 0 Å². The number of hydrogen-bond donors (Lipinski definition) is 1. The molecule has 18 heavy (non-hydrogen) atoms. The van der Waals surface area contributed by atoms with Crippen LogP contribution in [0, 0.1) is 11.6 Å². The highest BCUT2D eigenvalue weighted by atomic mass is 19.2. The zero-order valence-electron chi connectivity index (χ0n) is 10.2. The predicted octanol–water partition coefficient (Wildman–Crippen LogP) is 1.79. The number of aryl methyl sites for hydroxylation is 1. The Bertz CT molecular complexity index is 539. The second-order valence-corrected chi connectivity index (χ2v) is 3.95. The van der Waals surface area contributed by atoms with Gasteiger partial charge in [-0.1, -0.05) is 18.2 Å². The lowest BCUT2D eigenvalue weighted by Crippen LogP contribution is -2.24. The van der Waals surface area contributed by atoms with E-state index in [-0.39, 0.29) is 6.04 Å². The van der Waals surface area contributed by atoms with Gasteiger partial charge in [0, 0.05) is 7.05 Å². The van der Waals surface area contributed by atoms with E-state index in [0.717, 1.165) is 11.8 Å². The maximum atomic E-state index is 13.3. The summed E-state index contributed by atoms with van der Waals surface area (Å²) < 4.78 is 27.8. The molecule has 0 spiro atoms. The molecule has 4 nitrogen and oxygen atoms in total. The maximum absolute atomic E-state index is 13.3. The Labute approximate surface area is 104 Å². The summed E-state index contributed by atoms with van der Waals surface area (Å²) in [6.45, 7) is 2.63. The Balaban J connectivity index is 2.41. The second-order valence-electron chi connectivity index (χ2n) is 3.95. The van der Waals surface area contributed by atoms with Crippen molar-refractivity contribution in [2.75, 3.05) is 6.54 Å². The molecule has 0 saturated heterocycles. The van der Waals surface area contributed by atoms with Crippen molar-refractivity contribution in [3.63, 3.8) is 0 Å². The summed E-state index contributed by atoms with van der Waals surface area (Å²) in [5, 5.41) is 10.8. The highest BCUT2D eigenvalue weighted by Gasteiger charge is 2.18. The smallest absolute Gasteiger partial charge is 0.159 e. The Morgan fingerprint density at radius 3 is 2.67 bits per heavy atom. The van der Waals surface area contributed by atoms with Crippen molar-refractivity contribution in [3.8, 4) is 0 Å². The minimum Gasteiger partial charge on any atom is -0.305 e. The lowest BCUT2D eigenvalue weighted by molar-refractivity contribution is 0.501. The van der Waals surface area contributed by atoms with Gasteiger partial charge in [0.25, 0.3) is 0 Å². The number of nitrogens with one attached hydrogen (secondary N) is 1. The average molecular weight is 252 g/mol. The molecule has 0 aliphatic heterocycles. The topological polar surface area (TPSA) is 42.7 Å². The molecule has 0 aliphatic carbocycles. The Hall–Kier alpha value is -1.82. The number of benzene rings is 1. The summed E-state index contributed by atoms with van der Waals surface area (Å²) in [4.78, 5) is 0. The Morgan fingerprint density at radius 2 is 2.11 bits per heavy atom. The van der Waals surface area contributed by atoms with E-state index in [1.54, 1.807) is 24.0 Å². The summed E-state index contributed by atoms with van der Waals surface area (Å²) in [6, 6.07) is 3.61. The second kappa shape index (κ2) is 5.22. The van der Waals surface area contributed by atoms with E-state index >= 15 is 0 Å². The van der Waals surface area contributed by atoms with Gasteiger partial charge in [-0.2, -0.15) is 0 Å². The summed E-state index contributed by atoms with van der Waals surface area (Å²) in [5.74, 6) is -1.71. The van der Waals surface area contributed by atoms with E-state index < -0.39 is 11.6 Å². The molecule has 0 aliphatic rings. The number of nitrogens with zero attached hydrogens (tertiary/aromatic N) is 3. The molecular formula is C12H14F2N4. The fourth-order valence-corrected chi connectivity index (χ4v) is 1.85. The molecule has 1 N–H and O–H groups in total. The summed E-state index contributed by atoms with van der Waals surface area (Å²) in [7, 11) is 1.76. The van der Waals surface area contributed by atoms with Crippen molar-refractivity contribution in [2.24, 2.45) is 7.05 Å². The van der Waals surface area contributed by atoms with E-state index in [1.807, 2.05) is 6.92 Å². The van der Waals surface area contributed by atoms with Crippen LogP contribution in [0.3, 0.4) is 0 Å². The first-order valence-electron chi connectivity index (χ1n) is 5.66. The maximum Gasteiger partial charge on any atom is 0.159 e. The molecule has 0 saturated carbocycles. The Kier molecular flexibility index (Phi) is 3.66. The van der Waals surface area contributed by atoms with Crippen molar-refractivity contribution < 1.29 is 8.78 Å². The molecule has 0 fully saturated rings. The number of aromatic nitrogens is 3. The van der Waals surface area contributed by atoms with Crippen LogP contribution in [0.25, 0.3) is 0 Å². The third-order valence-electron chi connectivity index (χ3n) is 2.73. The first-order valence-corrected chi connectivity index (χ1v) is 5.66. The number of halogens is 2. The summed E-state index contributed by atoms with van der Waals surface area (Å²) in [5.41, 5.74) is 1.43. The molecule has 1 heterocycles. The van der Waals surface area contributed by atoms with Gasteiger partial charge in [0.2, 0.25) is 0 Å². The lowest BCUT2D eigenvalue weighted by atomic mass is 10.0. The number of rotatable bonds is 4. The first-order chi connectivity index (χ1) is 8.63. The van der Waals surface area contributed by atoms with Gasteiger partial charge in [0.15, 0.2) is 11.6 Å². The molecule has 1 atom stereocenters. The third kappa shape index (κ3) is 2.38. The van der Waals surface area contributed by atoms with Crippen LogP contribution >= 0.6 is 0 Å². The average Bonchev–Trinajstić information content (AvgIpc) is 2.76. The van der Waals surface area contributed by atoms with Gasteiger partial charge in [-0.25, -0.2) is 8.78 Å². The van der Waals surface area contributed by atoms with Crippen LogP contribution in [0.4, 0.5) is 8.78 Å². The van der Waals surface area contributed by atoms with Crippen molar-refractivity contribution >= 4 is 0 Å². The van der Waals surface area contributed by atoms with Crippen LogP contribution in [-0.2, 0) is 7.05 Å². The highest BCUT2D eigenvalue weighted by Crippen LogP contribution is 2.22. The molecule has 96 valence electrons. The summed E-state index contributed by atoms with van der Waals surface area (Å²) >= 11 is 0. The normalized spacial score (nSPS) is 12.7. The van der Waals surface area contributed by atoms with Crippen molar-refractivity contribution in [1.82, 2.24) is 20.3 Å². The molecule has 1 aromatic carbocycles. The molecule has 1 unspecified atom stereocenters. The fourth-order valence-electron chi connectivity index (χ4n) is 1.85. The van der Waals surface area contributed by atoms with Crippen LogP contribution < -0.4 is 5.32 Å². The van der Waals surface area contributed by atoms with Gasteiger partial charge < -0.3 is 5.32 Å². The molecule has 1 aromatic heterocycles. The molecule has 2 rings (SSSR count). The molecule has 6 heteroatoms. The largest absolute Gasteiger partial charge is 0.305 e. The van der Waals surface area contributed by atoms with Gasteiger partial charge in [-0.3, -0.25) is 4.68 Å². The molecule has 0 bridgehead atoms. The van der Waals surface area contributed by atoms with E-state index in [9.17, 15) is 8.78 Å². The van der Waals surface area contributed by atoms with E-state index in [4.69, 9.17) is 0 Å². The van der Waals surface area contributed by atoms with Gasteiger partial charge in [0.05, 0.1) is 17.9 Å². The zero-order chi connectivity index (χ0) is 13.1. The third-order valence-corrected chi connectivity index (χ3v) is 2.73. The van der Waals surface area contributed by atoms with Crippen LogP contribution in [0.1, 0.15) is 24.2 Å². The fraction of sp³-hybridized carbons (Fsp3) is 0.333. The monoisotopic (exact) mass is 252 g/mol. The minimum absolute atomic E-state index is 0.259. The van der Waals surface area contributed by atoms with Crippen molar-refractivity contribution in [1.29, 1.82) is 0 Å². The van der Waals surface area contributed by atoms with Crippen LogP contribution in [0.15, 0.2) is 24.4 Å². The summed E-state index contributed by atoms with van der Waals surface area (Å²) in [6.07, 6.45) is 1.61. The van der Waals surface area contributed by atoms with E-state index in [0.29, 0.717) is 12.1 Å². The molecular weight excluding hydrogens is 238 g/mol. The standard InChI is InChI=1S/C12H14F2N4/c1-3-15-12(11-7-16-17-18(11)2)8-4-5-9(13)10(14)6-8/h4-7,12,15H,3H2,1-2H3. The minimum atomic E-state index is -0.856. The van der Waals surface area contributed by atoms with Gasteiger partial charge in [-0.05, 0) is 24.2 Å². The zero-order valence-corrected chi connectivity index (χ0v) is 10.2. The lowest BCUT2D eigenvalue weighted by Gasteiger charge is -2.18. The van der Waals surface area contributed by atoms with Crippen molar-refractivity contribution in [3.05, 3.63) is 47.3 Å². The van der Waals surface area contributed by atoms with E-state index in [2.05, 4.69) is 15.6 Å². The number of hydrogen-bond acceptors (Lipinski definition) is 3. The van der Waals surface area contributed by atoms with Gasteiger partial charge >= 0.3 is 0 Å². The predicted molar refractivity (Wildman–Crippen MR) is 62.9 cm³/mol.